The minimum absolute atomic E-state index is 0.184. The molecular weight excluding hydrogens is 240 g/mol. The first-order valence-electron chi connectivity index (χ1n) is 5.92. The Morgan fingerprint density at radius 2 is 1.89 bits per heavy atom. The van der Waals surface area contributed by atoms with Crippen molar-refractivity contribution in [1.82, 2.24) is 4.98 Å². The first-order valence-corrected chi connectivity index (χ1v) is 5.92. The van der Waals surface area contributed by atoms with Gasteiger partial charge in [0.15, 0.2) is 0 Å². The van der Waals surface area contributed by atoms with Crippen molar-refractivity contribution in [3.8, 4) is 0 Å². The lowest BCUT2D eigenvalue weighted by Gasteiger charge is -2.11. The third-order valence-electron chi connectivity index (χ3n) is 2.89. The van der Waals surface area contributed by atoms with E-state index in [4.69, 9.17) is 5.84 Å². The van der Waals surface area contributed by atoms with Gasteiger partial charge in [0.25, 0.3) is 5.91 Å². The lowest BCUT2D eigenvalue weighted by atomic mass is 10.1. The Hall–Kier alpha value is -2.40. The van der Waals surface area contributed by atoms with E-state index in [2.05, 4.69) is 15.7 Å². The van der Waals surface area contributed by atoms with Gasteiger partial charge in [-0.2, -0.15) is 0 Å². The molecule has 0 spiro atoms. The molecule has 1 amide bonds. The highest BCUT2D eigenvalue weighted by molar-refractivity contribution is 6.05. The molecule has 0 aliphatic rings. The van der Waals surface area contributed by atoms with Crippen LogP contribution in [0.25, 0.3) is 0 Å². The number of hydrogen-bond acceptors (Lipinski definition) is 4. The highest BCUT2D eigenvalue weighted by Gasteiger charge is 2.10. The third kappa shape index (κ3) is 2.89. The van der Waals surface area contributed by atoms with E-state index >= 15 is 0 Å². The standard InChI is InChI=1S/C14H16N4O/c1-9-4-3-5-10(2)13(9)17-14(19)11-6-7-16-12(8-11)18-15/h3-8H,15H2,1-2H3,(H,16,18)(H,17,19). The number of anilines is 2. The van der Waals surface area contributed by atoms with Gasteiger partial charge in [0.1, 0.15) is 5.82 Å². The Balaban J connectivity index is 2.25. The summed E-state index contributed by atoms with van der Waals surface area (Å²) in [6.07, 6.45) is 1.54. The summed E-state index contributed by atoms with van der Waals surface area (Å²) < 4.78 is 0. The van der Waals surface area contributed by atoms with Crippen LogP contribution in [0.15, 0.2) is 36.5 Å². The monoisotopic (exact) mass is 256 g/mol. The van der Waals surface area contributed by atoms with Crippen LogP contribution in [0.2, 0.25) is 0 Å². The summed E-state index contributed by atoms with van der Waals surface area (Å²) >= 11 is 0. The highest BCUT2D eigenvalue weighted by atomic mass is 16.1. The summed E-state index contributed by atoms with van der Waals surface area (Å²) in [7, 11) is 0. The van der Waals surface area contributed by atoms with Crippen LogP contribution in [-0.2, 0) is 0 Å². The maximum Gasteiger partial charge on any atom is 0.255 e. The Kier molecular flexibility index (Phi) is 3.77. The number of nitrogen functional groups attached to an aromatic ring is 1. The van der Waals surface area contributed by atoms with E-state index in [1.54, 1.807) is 12.1 Å². The maximum atomic E-state index is 12.2. The fourth-order valence-electron chi connectivity index (χ4n) is 1.85. The second-order valence-corrected chi connectivity index (χ2v) is 4.30. The van der Waals surface area contributed by atoms with Crippen LogP contribution in [0.3, 0.4) is 0 Å². The van der Waals surface area contributed by atoms with Gasteiger partial charge in [0.2, 0.25) is 0 Å². The van der Waals surface area contributed by atoms with Gasteiger partial charge in [-0.15, -0.1) is 0 Å². The number of aromatic nitrogens is 1. The van der Waals surface area contributed by atoms with Crippen LogP contribution in [0.4, 0.5) is 11.5 Å². The molecule has 0 bridgehead atoms. The van der Waals surface area contributed by atoms with Crippen LogP contribution in [-0.4, -0.2) is 10.9 Å². The number of hydrazine groups is 1. The van der Waals surface area contributed by atoms with Crippen LogP contribution in [0.1, 0.15) is 21.5 Å². The smallest absolute Gasteiger partial charge is 0.255 e. The average Bonchev–Trinajstić information content (AvgIpc) is 2.43. The number of pyridine rings is 1. The van der Waals surface area contributed by atoms with Crippen LogP contribution in [0, 0.1) is 13.8 Å². The van der Waals surface area contributed by atoms with Crippen molar-refractivity contribution in [2.75, 3.05) is 10.7 Å². The number of nitrogens with two attached hydrogens (primary N) is 1. The van der Waals surface area contributed by atoms with E-state index in [0.29, 0.717) is 11.4 Å². The van der Waals surface area contributed by atoms with Gasteiger partial charge in [-0.3, -0.25) is 4.79 Å². The number of hydrogen-bond donors (Lipinski definition) is 3. The summed E-state index contributed by atoms with van der Waals surface area (Å²) in [6, 6.07) is 9.12. The van der Waals surface area contributed by atoms with E-state index in [1.165, 1.54) is 6.20 Å². The molecule has 0 aliphatic heterocycles. The number of benzene rings is 1. The predicted octanol–water partition coefficient (Wildman–Crippen LogP) is 2.24. The summed E-state index contributed by atoms with van der Waals surface area (Å²) in [6.45, 7) is 3.92. The number of carbonyl (C=O) groups is 1. The van der Waals surface area contributed by atoms with Gasteiger partial charge >= 0.3 is 0 Å². The number of para-hydroxylation sites is 1. The molecule has 0 unspecified atom stereocenters. The zero-order valence-corrected chi connectivity index (χ0v) is 10.9. The number of rotatable bonds is 3. The second kappa shape index (κ2) is 5.49. The van der Waals surface area contributed by atoms with Crippen molar-refractivity contribution in [3.05, 3.63) is 53.2 Å². The molecule has 1 aromatic carbocycles. The van der Waals surface area contributed by atoms with Gasteiger partial charge in [0, 0.05) is 17.4 Å². The average molecular weight is 256 g/mol. The van der Waals surface area contributed by atoms with E-state index < -0.39 is 0 Å². The van der Waals surface area contributed by atoms with Crippen molar-refractivity contribution < 1.29 is 4.79 Å². The molecule has 0 atom stereocenters. The molecule has 5 heteroatoms. The number of amides is 1. The highest BCUT2D eigenvalue weighted by Crippen LogP contribution is 2.20. The van der Waals surface area contributed by atoms with Gasteiger partial charge in [-0.1, -0.05) is 18.2 Å². The van der Waals surface area contributed by atoms with Crippen LogP contribution in [0.5, 0.6) is 0 Å². The Bertz CT molecular complexity index is 590. The van der Waals surface area contributed by atoms with Gasteiger partial charge < -0.3 is 10.7 Å². The summed E-state index contributed by atoms with van der Waals surface area (Å²) in [5.74, 6) is 5.54. The van der Waals surface area contributed by atoms with Gasteiger partial charge in [-0.25, -0.2) is 10.8 Å². The first-order chi connectivity index (χ1) is 9.11. The summed E-state index contributed by atoms with van der Waals surface area (Å²) in [5, 5.41) is 2.91. The molecule has 2 rings (SSSR count). The predicted molar refractivity (Wildman–Crippen MR) is 75.9 cm³/mol. The Labute approximate surface area is 111 Å². The maximum absolute atomic E-state index is 12.2. The number of nitrogens with one attached hydrogen (secondary N) is 2. The third-order valence-corrected chi connectivity index (χ3v) is 2.89. The molecule has 0 radical (unpaired) electrons. The molecule has 1 heterocycles. The number of carbonyl (C=O) groups excluding carboxylic acids is 1. The largest absolute Gasteiger partial charge is 0.322 e. The minimum atomic E-state index is -0.184. The number of aryl methyl sites for hydroxylation is 2. The summed E-state index contributed by atoms with van der Waals surface area (Å²) in [5.41, 5.74) is 5.82. The first kappa shape index (κ1) is 13.0. The Morgan fingerprint density at radius 3 is 2.53 bits per heavy atom. The fourth-order valence-corrected chi connectivity index (χ4v) is 1.85. The van der Waals surface area contributed by atoms with E-state index in [0.717, 1.165) is 16.8 Å². The molecular formula is C14H16N4O. The van der Waals surface area contributed by atoms with E-state index in [1.807, 2.05) is 32.0 Å². The molecule has 0 fully saturated rings. The molecule has 1 aromatic heterocycles. The van der Waals surface area contributed by atoms with Gasteiger partial charge in [0.05, 0.1) is 0 Å². The zero-order chi connectivity index (χ0) is 13.8. The molecule has 19 heavy (non-hydrogen) atoms. The molecule has 5 nitrogen and oxygen atoms in total. The topological polar surface area (TPSA) is 80.0 Å². The Morgan fingerprint density at radius 1 is 1.21 bits per heavy atom. The lowest BCUT2D eigenvalue weighted by molar-refractivity contribution is 0.102. The van der Waals surface area contributed by atoms with Crippen molar-refractivity contribution in [2.24, 2.45) is 5.84 Å². The fraction of sp³-hybridized carbons (Fsp3) is 0.143. The molecule has 4 N–H and O–H groups in total. The van der Waals surface area contributed by atoms with Crippen molar-refractivity contribution >= 4 is 17.4 Å². The molecule has 0 aliphatic carbocycles. The summed E-state index contributed by atoms with van der Waals surface area (Å²) in [4.78, 5) is 16.1. The van der Waals surface area contributed by atoms with Crippen molar-refractivity contribution in [1.29, 1.82) is 0 Å². The second-order valence-electron chi connectivity index (χ2n) is 4.30. The minimum Gasteiger partial charge on any atom is -0.322 e. The SMILES string of the molecule is Cc1cccc(C)c1NC(=O)c1ccnc(NN)c1. The van der Waals surface area contributed by atoms with Crippen molar-refractivity contribution in [2.45, 2.75) is 13.8 Å². The molecule has 0 saturated heterocycles. The van der Waals surface area contributed by atoms with E-state index in [9.17, 15) is 4.79 Å². The van der Waals surface area contributed by atoms with Crippen LogP contribution >= 0.6 is 0 Å². The number of nitrogens with zero attached hydrogens (tertiary/aromatic N) is 1. The molecule has 2 aromatic rings. The van der Waals surface area contributed by atoms with Crippen LogP contribution < -0.4 is 16.6 Å². The zero-order valence-electron chi connectivity index (χ0n) is 10.9. The van der Waals surface area contributed by atoms with Gasteiger partial charge in [-0.05, 0) is 37.1 Å². The lowest BCUT2D eigenvalue weighted by Crippen LogP contribution is -2.15. The van der Waals surface area contributed by atoms with E-state index in [-0.39, 0.29) is 5.91 Å². The molecule has 98 valence electrons. The normalized spacial score (nSPS) is 10.1. The quantitative estimate of drug-likeness (QED) is 0.581. The molecule has 0 saturated carbocycles. The van der Waals surface area contributed by atoms with Crippen molar-refractivity contribution in [3.63, 3.8) is 0 Å².